The number of hydrogen-bond acceptors (Lipinski definition) is 6. The third-order valence-electron chi connectivity index (χ3n) is 14.4. The minimum Gasteiger partial charge on any atom is -0.462 e. The van der Waals surface area contributed by atoms with Gasteiger partial charge in [0.2, 0.25) is 0 Å². The smallest absolute Gasteiger partial charge is 0.306 e. The molecule has 1 unspecified atom stereocenters. The Bertz CT molecular complexity index is 1670. The Morgan fingerprint density at radius 3 is 0.802 bits per heavy atom. The molecular formula is C75H126O6. The number of unbranched alkanes of at least 4 members (excludes halogenated alkanes) is 30. The molecule has 0 N–H and O–H groups in total. The van der Waals surface area contributed by atoms with Gasteiger partial charge in [-0.05, 0) is 128 Å². The molecule has 0 saturated carbocycles. The van der Waals surface area contributed by atoms with E-state index in [9.17, 15) is 14.4 Å². The maximum absolute atomic E-state index is 12.9. The third kappa shape index (κ3) is 66.5. The number of allylic oxidation sites excluding steroid dienone is 20. The average Bonchev–Trinajstić information content (AvgIpc) is 3.46. The minimum atomic E-state index is -0.790. The molecular weight excluding hydrogens is 997 g/mol. The highest BCUT2D eigenvalue weighted by molar-refractivity contribution is 5.71. The summed E-state index contributed by atoms with van der Waals surface area (Å²) in [7, 11) is 0. The van der Waals surface area contributed by atoms with E-state index in [2.05, 4.69) is 142 Å². The standard InChI is InChI=1S/C75H126O6/c1-4-7-10-13-16-19-22-25-27-29-31-32-33-34-35-36-37-38-39-40-41-42-44-45-47-50-53-56-59-62-65-68-74(77)80-71-72(70-79-73(76)67-64-61-58-55-52-49-24-21-18-15-12-9-6-3)81-75(78)69-66-63-60-57-54-51-48-46-43-30-28-26-23-20-17-14-11-8-5-2/h7,10,12,15-17,19-21,24-28,31-32,34-35,37-38,72H,4-6,8-9,11,13-14,18,22-23,29-30,33,36,39-71H2,1-3H3/b10-7-,15-12-,19-16-,20-17-,24-21-,27-25-,28-26-,32-31-,35-34-,38-37-. The van der Waals surface area contributed by atoms with Crippen LogP contribution in [0.2, 0.25) is 0 Å². The molecule has 0 amide bonds. The maximum atomic E-state index is 12.9. The Labute approximate surface area is 501 Å². The quantitative estimate of drug-likeness (QED) is 0.0261. The second-order valence-corrected chi connectivity index (χ2v) is 22.3. The SMILES string of the molecule is CC/C=C\C/C=C\C/C=C\C/C=C\C/C=C\C/C=C\CCCCCCCCCCCCCCC(=O)OCC(COC(=O)CCCCCCC/C=C\C/C=C\CCC)OC(=O)CCCCCCCCCCC/C=C\C/C=C\CCCCC. The summed E-state index contributed by atoms with van der Waals surface area (Å²) in [6.07, 6.45) is 95.0. The normalized spacial score (nSPS) is 12.9. The molecule has 0 aromatic carbocycles. The van der Waals surface area contributed by atoms with Gasteiger partial charge in [-0.1, -0.05) is 290 Å². The number of carbonyl (C=O) groups is 3. The summed E-state index contributed by atoms with van der Waals surface area (Å²) in [5.41, 5.74) is 0. The number of esters is 3. The Morgan fingerprint density at radius 1 is 0.259 bits per heavy atom. The molecule has 0 fully saturated rings. The summed E-state index contributed by atoms with van der Waals surface area (Å²) in [4.78, 5) is 38.4. The number of ether oxygens (including phenoxy) is 3. The van der Waals surface area contributed by atoms with Crippen molar-refractivity contribution in [1.82, 2.24) is 0 Å². The van der Waals surface area contributed by atoms with E-state index in [1.807, 2.05) is 0 Å². The first kappa shape index (κ1) is 76.8. The lowest BCUT2D eigenvalue weighted by atomic mass is 10.0. The number of rotatable bonds is 61. The second-order valence-electron chi connectivity index (χ2n) is 22.3. The lowest BCUT2D eigenvalue weighted by molar-refractivity contribution is -0.167. The van der Waals surface area contributed by atoms with E-state index in [-0.39, 0.29) is 31.1 Å². The summed E-state index contributed by atoms with van der Waals surface area (Å²) < 4.78 is 16.9. The molecule has 0 radical (unpaired) electrons. The molecule has 0 aromatic rings. The lowest BCUT2D eigenvalue weighted by Gasteiger charge is -2.18. The van der Waals surface area contributed by atoms with Crippen LogP contribution in [0, 0.1) is 0 Å². The van der Waals surface area contributed by atoms with Crippen LogP contribution in [-0.2, 0) is 28.6 Å². The first-order valence-corrected chi connectivity index (χ1v) is 34.0. The minimum absolute atomic E-state index is 0.0857. The summed E-state index contributed by atoms with van der Waals surface area (Å²) in [5, 5.41) is 0. The van der Waals surface area contributed by atoms with Crippen LogP contribution < -0.4 is 0 Å². The molecule has 462 valence electrons. The zero-order valence-electron chi connectivity index (χ0n) is 53.0. The molecule has 81 heavy (non-hydrogen) atoms. The topological polar surface area (TPSA) is 78.9 Å². The second kappa shape index (κ2) is 68.3. The van der Waals surface area contributed by atoms with Gasteiger partial charge in [-0.3, -0.25) is 14.4 Å². The number of carbonyl (C=O) groups excluding carboxylic acids is 3. The fourth-order valence-corrected chi connectivity index (χ4v) is 9.34. The van der Waals surface area contributed by atoms with Gasteiger partial charge in [0.05, 0.1) is 0 Å². The molecule has 0 aromatic heterocycles. The van der Waals surface area contributed by atoms with Crippen molar-refractivity contribution >= 4 is 17.9 Å². The number of hydrogen-bond donors (Lipinski definition) is 0. The van der Waals surface area contributed by atoms with Crippen LogP contribution in [0.1, 0.15) is 316 Å². The molecule has 0 aliphatic carbocycles. The van der Waals surface area contributed by atoms with Crippen LogP contribution in [0.25, 0.3) is 0 Å². The van der Waals surface area contributed by atoms with E-state index in [1.54, 1.807) is 0 Å². The zero-order chi connectivity index (χ0) is 58.5. The predicted molar refractivity (Wildman–Crippen MR) is 353 cm³/mol. The Balaban J connectivity index is 4.27. The van der Waals surface area contributed by atoms with Crippen LogP contribution in [0.4, 0.5) is 0 Å². The van der Waals surface area contributed by atoms with Gasteiger partial charge in [-0.25, -0.2) is 0 Å². The largest absolute Gasteiger partial charge is 0.462 e. The average molecular weight is 1120 g/mol. The molecule has 6 nitrogen and oxygen atoms in total. The molecule has 6 heteroatoms. The van der Waals surface area contributed by atoms with Crippen molar-refractivity contribution in [1.29, 1.82) is 0 Å². The van der Waals surface area contributed by atoms with Gasteiger partial charge in [0.15, 0.2) is 6.10 Å². The maximum Gasteiger partial charge on any atom is 0.306 e. The molecule has 0 saturated heterocycles. The fourth-order valence-electron chi connectivity index (χ4n) is 9.34. The van der Waals surface area contributed by atoms with Gasteiger partial charge in [0.1, 0.15) is 13.2 Å². The van der Waals surface area contributed by atoms with Crippen LogP contribution in [-0.4, -0.2) is 37.2 Å². The summed E-state index contributed by atoms with van der Waals surface area (Å²) in [6.45, 7) is 6.44. The van der Waals surface area contributed by atoms with E-state index in [1.165, 1.54) is 141 Å². The van der Waals surface area contributed by atoms with Crippen molar-refractivity contribution in [3.8, 4) is 0 Å². The van der Waals surface area contributed by atoms with E-state index in [0.29, 0.717) is 19.3 Å². The van der Waals surface area contributed by atoms with E-state index >= 15 is 0 Å². The van der Waals surface area contributed by atoms with Crippen molar-refractivity contribution in [2.75, 3.05) is 13.2 Å². The molecule has 0 heterocycles. The fraction of sp³-hybridized carbons (Fsp3) is 0.693. The molecule has 0 rings (SSSR count). The Morgan fingerprint density at radius 2 is 0.506 bits per heavy atom. The van der Waals surface area contributed by atoms with Gasteiger partial charge in [0.25, 0.3) is 0 Å². The summed E-state index contributed by atoms with van der Waals surface area (Å²) in [5.74, 6) is -0.898. The molecule has 0 bridgehead atoms. The van der Waals surface area contributed by atoms with Crippen LogP contribution in [0.3, 0.4) is 0 Å². The highest BCUT2D eigenvalue weighted by atomic mass is 16.6. The van der Waals surface area contributed by atoms with E-state index in [0.717, 1.165) is 135 Å². The van der Waals surface area contributed by atoms with Gasteiger partial charge in [-0.2, -0.15) is 0 Å². The summed E-state index contributed by atoms with van der Waals surface area (Å²) >= 11 is 0. The zero-order valence-corrected chi connectivity index (χ0v) is 53.0. The highest BCUT2D eigenvalue weighted by Gasteiger charge is 2.19. The highest BCUT2D eigenvalue weighted by Crippen LogP contribution is 2.16. The van der Waals surface area contributed by atoms with Crippen molar-refractivity contribution in [3.05, 3.63) is 122 Å². The van der Waals surface area contributed by atoms with Crippen molar-refractivity contribution in [2.45, 2.75) is 322 Å². The van der Waals surface area contributed by atoms with Crippen LogP contribution in [0.15, 0.2) is 122 Å². The van der Waals surface area contributed by atoms with Gasteiger partial charge >= 0.3 is 17.9 Å². The van der Waals surface area contributed by atoms with Crippen LogP contribution >= 0.6 is 0 Å². The van der Waals surface area contributed by atoms with Crippen molar-refractivity contribution in [3.63, 3.8) is 0 Å². The molecule has 1 atom stereocenters. The van der Waals surface area contributed by atoms with E-state index in [4.69, 9.17) is 14.2 Å². The van der Waals surface area contributed by atoms with Gasteiger partial charge in [0, 0.05) is 19.3 Å². The first-order chi connectivity index (χ1) is 40.0. The summed E-state index contributed by atoms with van der Waals surface area (Å²) in [6, 6.07) is 0. The molecule has 0 aliphatic rings. The van der Waals surface area contributed by atoms with Crippen molar-refractivity contribution < 1.29 is 28.6 Å². The monoisotopic (exact) mass is 1120 g/mol. The van der Waals surface area contributed by atoms with Crippen molar-refractivity contribution in [2.24, 2.45) is 0 Å². The lowest BCUT2D eigenvalue weighted by Crippen LogP contribution is -2.30. The Hall–Kier alpha value is -4.19. The van der Waals surface area contributed by atoms with Crippen LogP contribution in [0.5, 0.6) is 0 Å². The predicted octanol–water partition coefficient (Wildman–Crippen LogP) is 23.6. The van der Waals surface area contributed by atoms with E-state index < -0.39 is 6.10 Å². The van der Waals surface area contributed by atoms with Gasteiger partial charge < -0.3 is 14.2 Å². The van der Waals surface area contributed by atoms with Gasteiger partial charge in [-0.15, -0.1) is 0 Å². The third-order valence-corrected chi connectivity index (χ3v) is 14.4. The first-order valence-electron chi connectivity index (χ1n) is 34.0. The Kier molecular flexibility index (Phi) is 64.8. The molecule has 0 aliphatic heterocycles. The molecule has 0 spiro atoms.